The highest BCUT2D eigenvalue weighted by Crippen LogP contribution is 2.22. The Morgan fingerprint density at radius 2 is 2.00 bits per heavy atom. The molecule has 1 aromatic carbocycles. The van der Waals surface area contributed by atoms with E-state index in [0.29, 0.717) is 12.8 Å². The van der Waals surface area contributed by atoms with Gasteiger partial charge in [-0.05, 0) is 25.3 Å². The van der Waals surface area contributed by atoms with E-state index in [1.165, 1.54) is 0 Å². The molecule has 3 amide bonds. The maximum Gasteiger partial charge on any atom is 0.325 e. The first-order chi connectivity index (χ1) is 9.07. The zero-order valence-corrected chi connectivity index (χ0v) is 10.7. The average Bonchev–Trinajstić information content (AvgIpc) is 2.62. The van der Waals surface area contributed by atoms with Crippen molar-refractivity contribution >= 4 is 11.9 Å². The van der Waals surface area contributed by atoms with Gasteiger partial charge in [0.2, 0.25) is 0 Å². The highest BCUT2D eigenvalue weighted by Gasteiger charge is 2.47. The maximum absolute atomic E-state index is 12.1. The van der Waals surface area contributed by atoms with Gasteiger partial charge in [-0.2, -0.15) is 5.26 Å². The van der Waals surface area contributed by atoms with Crippen LogP contribution in [0.25, 0.3) is 0 Å². The number of carbonyl (C=O) groups is 2. The molecule has 0 aromatic heterocycles. The van der Waals surface area contributed by atoms with Crippen molar-refractivity contribution in [3.05, 3.63) is 35.9 Å². The van der Waals surface area contributed by atoms with Gasteiger partial charge in [-0.3, -0.25) is 4.79 Å². The van der Waals surface area contributed by atoms with E-state index in [0.717, 1.165) is 10.5 Å². The van der Waals surface area contributed by atoms with E-state index in [1.807, 2.05) is 36.4 Å². The number of nitrogens with zero attached hydrogens (tertiary/aromatic N) is 2. The van der Waals surface area contributed by atoms with E-state index in [9.17, 15) is 9.59 Å². The van der Waals surface area contributed by atoms with Crippen molar-refractivity contribution in [1.82, 2.24) is 10.2 Å². The summed E-state index contributed by atoms with van der Waals surface area (Å²) >= 11 is 0. The Hall–Kier alpha value is -2.35. The third-order valence-corrected chi connectivity index (χ3v) is 3.33. The third-order valence-electron chi connectivity index (χ3n) is 3.33. The van der Waals surface area contributed by atoms with E-state index >= 15 is 0 Å². The van der Waals surface area contributed by atoms with Crippen molar-refractivity contribution in [2.75, 3.05) is 6.54 Å². The van der Waals surface area contributed by atoms with Crippen molar-refractivity contribution in [1.29, 1.82) is 5.26 Å². The Morgan fingerprint density at radius 1 is 1.32 bits per heavy atom. The second kappa shape index (κ2) is 5.11. The summed E-state index contributed by atoms with van der Waals surface area (Å²) in [5.74, 6) is -0.324. The van der Waals surface area contributed by atoms with Crippen LogP contribution in [-0.2, 0) is 11.2 Å². The molecule has 0 radical (unpaired) electrons. The summed E-state index contributed by atoms with van der Waals surface area (Å²) in [6.45, 7) is 1.50. The minimum Gasteiger partial charge on any atom is -0.323 e. The number of nitrogens with one attached hydrogen (secondary N) is 1. The van der Waals surface area contributed by atoms with Crippen LogP contribution in [0.1, 0.15) is 18.9 Å². The van der Waals surface area contributed by atoms with E-state index in [-0.39, 0.29) is 12.5 Å². The topological polar surface area (TPSA) is 73.2 Å². The number of hydrogen-bond acceptors (Lipinski definition) is 3. The van der Waals surface area contributed by atoms with Gasteiger partial charge in [0.1, 0.15) is 12.1 Å². The molecule has 0 spiro atoms. The monoisotopic (exact) mass is 257 g/mol. The molecular formula is C14H15N3O2. The average molecular weight is 257 g/mol. The molecule has 98 valence electrons. The Morgan fingerprint density at radius 3 is 2.63 bits per heavy atom. The van der Waals surface area contributed by atoms with Crippen molar-refractivity contribution < 1.29 is 9.59 Å². The first-order valence-corrected chi connectivity index (χ1v) is 6.12. The molecule has 2 rings (SSSR count). The molecule has 19 heavy (non-hydrogen) atoms. The predicted octanol–water partition coefficient (Wildman–Crippen LogP) is 1.45. The third kappa shape index (κ3) is 2.58. The zero-order chi connectivity index (χ0) is 13.9. The van der Waals surface area contributed by atoms with Gasteiger partial charge in [-0.15, -0.1) is 0 Å². The van der Waals surface area contributed by atoms with E-state index in [4.69, 9.17) is 5.26 Å². The quantitative estimate of drug-likeness (QED) is 0.655. The maximum atomic E-state index is 12.1. The van der Waals surface area contributed by atoms with Gasteiger partial charge in [0.05, 0.1) is 6.07 Å². The lowest BCUT2D eigenvalue weighted by Crippen LogP contribution is -2.44. The minimum absolute atomic E-state index is 0.203. The van der Waals surface area contributed by atoms with Crippen LogP contribution in [0.15, 0.2) is 30.3 Å². The van der Waals surface area contributed by atoms with Crippen LogP contribution in [0.3, 0.4) is 0 Å². The minimum atomic E-state index is -0.913. The number of nitriles is 1. The molecule has 1 heterocycles. The number of amides is 3. The predicted molar refractivity (Wildman–Crippen MR) is 69.0 cm³/mol. The Labute approximate surface area is 111 Å². The molecule has 1 aliphatic heterocycles. The number of hydrogen-bond donors (Lipinski definition) is 1. The number of rotatable bonds is 4. The summed E-state index contributed by atoms with van der Waals surface area (Å²) in [6.07, 6.45) is 1.22. The lowest BCUT2D eigenvalue weighted by molar-refractivity contribution is -0.130. The second-order valence-electron chi connectivity index (χ2n) is 4.80. The SMILES string of the molecule is C[C@]1(CCc2ccccc2)NC(=O)N(CC#N)C1=O. The van der Waals surface area contributed by atoms with Crippen molar-refractivity contribution in [2.24, 2.45) is 0 Å². The largest absolute Gasteiger partial charge is 0.325 e. The Kier molecular flexibility index (Phi) is 3.52. The van der Waals surface area contributed by atoms with Gasteiger partial charge in [0.25, 0.3) is 5.91 Å². The number of benzene rings is 1. The molecule has 1 aromatic rings. The summed E-state index contributed by atoms with van der Waals surface area (Å²) in [7, 11) is 0. The fraction of sp³-hybridized carbons (Fsp3) is 0.357. The smallest absolute Gasteiger partial charge is 0.323 e. The molecule has 1 N–H and O–H groups in total. The summed E-state index contributed by atoms with van der Waals surface area (Å²) in [5, 5.41) is 11.3. The van der Waals surface area contributed by atoms with Gasteiger partial charge >= 0.3 is 6.03 Å². The zero-order valence-electron chi connectivity index (χ0n) is 10.7. The van der Waals surface area contributed by atoms with Crippen LogP contribution >= 0.6 is 0 Å². The molecule has 0 bridgehead atoms. The molecule has 1 atom stereocenters. The highest BCUT2D eigenvalue weighted by molar-refractivity contribution is 6.06. The van der Waals surface area contributed by atoms with Crippen LogP contribution in [0.4, 0.5) is 4.79 Å². The number of carbonyl (C=O) groups excluding carboxylic acids is 2. The van der Waals surface area contributed by atoms with Crippen LogP contribution in [0.5, 0.6) is 0 Å². The van der Waals surface area contributed by atoms with E-state index < -0.39 is 11.6 Å². The molecule has 5 nitrogen and oxygen atoms in total. The summed E-state index contributed by atoms with van der Waals surface area (Å²) < 4.78 is 0. The summed E-state index contributed by atoms with van der Waals surface area (Å²) in [4.78, 5) is 24.7. The summed E-state index contributed by atoms with van der Waals surface area (Å²) in [5.41, 5.74) is 0.202. The van der Waals surface area contributed by atoms with Crippen LogP contribution in [0, 0.1) is 11.3 Å². The second-order valence-corrected chi connectivity index (χ2v) is 4.80. The standard InChI is InChI=1S/C14H15N3O2/c1-14(8-7-11-5-3-2-4-6-11)12(18)17(10-9-15)13(19)16-14/h2-6H,7-8,10H2,1H3,(H,16,19)/t14-/m1/s1. The van der Waals surface area contributed by atoms with Gasteiger partial charge in [-0.25, -0.2) is 9.69 Å². The fourth-order valence-corrected chi connectivity index (χ4v) is 2.17. The van der Waals surface area contributed by atoms with Crippen molar-refractivity contribution in [3.8, 4) is 6.07 Å². The first kappa shape index (κ1) is 13.1. The fourth-order valence-electron chi connectivity index (χ4n) is 2.17. The lowest BCUT2D eigenvalue weighted by Gasteiger charge is -2.21. The normalized spacial score (nSPS) is 22.2. The summed E-state index contributed by atoms with van der Waals surface area (Å²) in [6, 6.07) is 11.1. The van der Waals surface area contributed by atoms with E-state index in [2.05, 4.69) is 5.32 Å². The molecule has 1 aliphatic rings. The Bertz CT molecular complexity index is 535. The molecule has 0 saturated carbocycles. The molecule has 1 fully saturated rings. The van der Waals surface area contributed by atoms with Gasteiger partial charge in [0, 0.05) is 0 Å². The van der Waals surface area contributed by atoms with Crippen LogP contribution in [-0.4, -0.2) is 28.9 Å². The lowest BCUT2D eigenvalue weighted by atomic mass is 9.93. The molecule has 1 saturated heterocycles. The van der Waals surface area contributed by atoms with Gasteiger partial charge in [0.15, 0.2) is 0 Å². The van der Waals surface area contributed by atoms with Gasteiger partial charge in [-0.1, -0.05) is 30.3 Å². The Balaban J connectivity index is 2.06. The number of imide groups is 1. The highest BCUT2D eigenvalue weighted by atomic mass is 16.2. The van der Waals surface area contributed by atoms with E-state index in [1.54, 1.807) is 6.92 Å². The molecule has 5 heteroatoms. The van der Waals surface area contributed by atoms with Crippen LogP contribution < -0.4 is 5.32 Å². The first-order valence-electron chi connectivity index (χ1n) is 6.12. The van der Waals surface area contributed by atoms with Crippen molar-refractivity contribution in [3.63, 3.8) is 0 Å². The van der Waals surface area contributed by atoms with Crippen molar-refractivity contribution in [2.45, 2.75) is 25.3 Å². The molecule has 0 unspecified atom stereocenters. The number of aryl methyl sites for hydroxylation is 1. The molecule has 0 aliphatic carbocycles. The number of urea groups is 1. The molecular weight excluding hydrogens is 242 g/mol. The van der Waals surface area contributed by atoms with Crippen LogP contribution in [0.2, 0.25) is 0 Å². The van der Waals surface area contributed by atoms with Gasteiger partial charge < -0.3 is 5.32 Å².